The molecular weight excluding hydrogens is 362 g/mol. The van der Waals surface area contributed by atoms with Gasteiger partial charge in [-0.25, -0.2) is 0 Å². The van der Waals surface area contributed by atoms with Crippen LogP contribution in [0.2, 0.25) is 0 Å². The fourth-order valence-electron chi connectivity index (χ4n) is 10.9. The van der Waals surface area contributed by atoms with Crippen LogP contribution in [0.3, 0.4) is 0 Å². The number of carbonyl (C=O) groups is 1. The summed E-state index contributed by atoms with van der Waals surface area (Å²) in [6.07, 6.45) is 5.58. The lowest BCUT2D eigenvalue weighted by Crippen LogP contribution is -2.69. The van der Waals surface area contributed by atoms with Gasteiger partial charge in [-0.3, -0.25) is 9.69 Å². The summed E-state index contributed by atoms with van der Waals surface area (Å²) in [5.41, 5.74) is 1.03. The van der Waals surface area contributed by atoms with Crippen molar-refractivity contribution in [1.29, 1.82) is 0 Å². The van der Waals surface area contributed by atoms with Gasteiger partial charge in [-0.1, -0.05) is 19.9 Å². The summed E-state index contributed by atoms with van der Waals surface area (Å²) < 4.78 is 6.43. The third-order valence-electron chi connectivity index (χ3n) is 11.2. The van der Waals surface area contributed by atoms with Gasteiger partial charge in [0.2, 0.25) is 0 Å². The number of aliphatic hydroxyl groups excluding tert-OH is 1. The monoisotopic (exact) mass is 397 g/mol. The molecule has 3 heterocycles. The number of hydrogen-bond acceptors (Lipinski definition) is 4. The Morgan fingerprint density at radius 2 is 2.00 bits per heavy atom. The highest BCUT2D eigenvalue weighted by atomic mass is 16.5. The number of aliphatic hydroxyl groups is 1. The number of esters is 1. The quantitative estimate of drug-likeness (QED) is 0.544. The molecule has 4 heteroatoms. The first-order chi connectivity index (χ1) is 13.6. The van der Waals surface area contributed by atoms with Crippen LogP contribution in [-0.2, 0) is 9.53 Å². The molecule has 1 unspecified atom stereocenters. The lowest BCUT2D eigenvalue weighted by Gasteiger charge is -2.66. The number of fused-ring (bicyclic) bond motifs is 1. The molecule has 12 atom stereocenters. The summed E-state index contributed by atoms with van der Waals surface area (Å²) in [6, 6.07) is 1.24. The smallest absolute Gasteiger partial charge is 0.311 e. The maximum Gasteiger partial charge on any atom is 0.311 e. The van der Waals surface area contributed by atoms with E-state index in [0.717, 1.165) is 24.3 Å². The van der Waals surface area contributed by atoms with Crippen LogP contribution in [-0.4, -0.2) is 46.8 Å². The molecule has 0 aromatic rings. The average molecular weight is 398 g/mol. The van der Waals surface area contributed by atoms with E-state index < -0.39 is 11.5 Å². The van der Waals surface area contributed by atoms with E-state index in [1.165, 1.54) is 25.8 Å². The number of hydrogen-bond donors (Lipinski definition) is 1. The van der Waals surface area contributed by atoms with E-state index in [-0.39, 0.29) is 28.8 Å². The van der Waals surface area contributed by atoms with Crippen molar-refractivity contribution in [3.05, 3.63) is 12.2 Å². The number of carbonyl (C=O) groups excluding carboxylic acids is 1. The van der Waals surface area contributed by atoms with E-state index in [4.69, 9.17) is 4.74 Å². The van der Waals surface area contributed by atoms with Gasteiger partial charge in [0.15, 0.2) is 0 Å². The Balaban J connectivity index is 1.42. The van der Waals surface area contributed by atoms with Gasteiger partial charge in [-0.15, -0.1) is 0 Å². The van der Waals surface area contributed by atoms with Gasteiger partial charge in [-0.2, -0.15) is 0 Å². The third-order valence-corrected chi connectivity index (χ3v) is 11.2. The van der Waals surface area contributed by atoms with Crippen molar-refractivity contribution in [3.63, 3.8) is 0 Å². The van der Waals surface area contributed by atoms with Crippen molar-refractivity contribution in [2.45, 2.75) is 84.1 Å². The fourth-order valence-corrected chi connectivity index (χ4v) is 10.9. The molecule has 9 aliphatic rings. The number of rotatable bonds is 1. The summed E-state index contributed by atoms with van der Waals surface area (Å²) >= 11 is 0. The first-order valence-corrected chi connectivity index (χ1v) is 11.9. The lowest BCUT2D eigenvalue weighted by molar-refractivity contribution is -0.228. The highest BCUT2D eigenvalue weighted by Gasteiger charge is 2.90. The van der Waals surface area contributed by atoms with Gasteiger partial charge in [0.25, 0.3) is 0 Å². The topological polar surface area (TPSA) is 49.8 Å². The van der Waals surface area contributed by atoms with Crippen molar-refractivity contribution >= 4 is 5.97 Å². The Hall–Kier alpha value is -0.870. The molecule has 9 bridgehead atoms. The SMILES string of the molecule is C=C1[C@H]2C[C@@H]3[C@H]4N5C[C@]6(C)CCC[C@]47[C@H]([C@H]2OC(=O)C(C)(C)C)[C@]3(C[C@H]5[C@H]67)[C@@H]1O. The fraction of sp³-hybridized carbons (Fsp3) is 0.880. The molecule has 29 heavy (non-hydrogen) atoms. The molecule has 1 N–H and O–H groups in total. The van der Waals surface area contributed by atoms with E-state index in [2.05, 4.69) is 18.4 Å². The molecule has 0 amide bonds. The van der Waals surface area contributed by atoms with Gasteiger partial charge in [0.1, 0.15) is 6.10 Å². The van der Waals surface area contributed by atoms with Crippen LogP contribution in [0.25, 0.3) is 0 Å². The Bertz CT molecular complexity index is 861. The molecule has 158 valence electrons. The molecule has 2 spiro atoms. The molecule has 4 nitrogen and oxygen atoms in total. The molecule has 0 aromatic heterocycles. The first-order valence-electron chi connectivity index (χ1n) is 11.9. The lowest BCUT2D eigenvalue weighted by atomic mass is 9.39. The van der Waals surface area contributed by atoms with E-state index in [0.29, 0.717) is 29.3 Å². The van der Waals surface area contributed by atoms with Crippen molar-refractivity contribution in [2.75, 3.05) is 6.54 Å². The van der Waals surface area contributed by atoms with Crippen molar-refractivity contribution < 1.29 is 14.6 Å². The van der Waals surface area contributed by atoms with Crippen LogP contribution < -0.4 is 0 Å². The normalized spacial score (nSPS) is 62.8. The Morgan fingerprint density at radius 3 is 2.72 bits per heavy atom. The van der Waals surface area contributed by atoms with E-state index >= 15 is 0 Å². The van der Waals surface area contributed by atoms with Crippen LogP contribution >= 0.6 is 0 Å². The second kappa shape index (κ2) is 4.65. The number of ether oxygens (including phenoxy) is 1. The average Bonchev–Trinajstić information content (AvgIpc) is 3.06. The molecule has 3 saturated heterocycles. The number of piperidine rings is 2. The second-order valence-corrected chi connectivity index (χ2v) is 13.1. The predicted octanol–water partition coefficient (Wildman–Crippen LogP) is 3.39. The van der Waals surface area contributed by atoms with Crippen LogP contribution in [0.1, 0.15) is 59.8 Å². The minimum Gasteiger partial charge on any atom is -0.461 e. The Morgan fingerprint density at radius 1 is 1.24 bits per heavy atom. The van der Waals surface area contributed by atoms with Gasteiger partial charge in [0.05, 0.1) is 11.5 Å². The standard InChI is InChI=1S/C25H35NO3/c1-12-13-9-14-19-24-8-6-7-23(5)11-26(19)15(17(23)24)10-25(14,20(12)27)18(24)16(13)29-21(28)22(2,3)4/h13-20,27H,1,6-11H2,2-5H3/t13-,14-,15+,16+,17-,18+,19-,20-,23+,24+,25-/m1/s1. The zero-order valence-electron chi connectivity index (χ0n) is 18.3. The maximum absolute atomic E-state index is 13.1. The van der Waals surface area contributed by atoms with E-state index in [1.54, 1.807) is 0 Å². The van der Waals surface area contributed by atoms with Crippen LogP contribution in [0.4, 0.5) is 0 Å². The minimum absolute atomic E-state index is 0.0805. The minimum atomic E-state index is -0.495. The van der Waals surface area contributed by atoms with Gasteiger partial charge < -0.3 is 9.84 Å². The molecule has 9 fully saturated rings. The van der Waals surface area contributed by atoms with Crippen LogP contribution in [0.15, 0.2) is 12.2 Å². The summed E-state index contributed by atoms with van der Waals surface area (Å²) in [4.78, 5) is 15.9. The molecule has 6 aliphatic carbocycles. The van der Waals surface area contributed by atoms with Gasteiger partial charge in [-0.05, 0) is 74.7 Å². The highest BCUT2D eigenvalue weighted by Crippen LogP contribution is 2.87. The molecule has 9 rings (SSSR count). The molecule has 6 saturated carbocycles. The van der Waals surface area contributed by atoms with Gasteiger partial charge in [0, 0.05) is 35.9 Å². The third kappa shape index (κ3) is 1.55. The van der Waals surface area contributed by atoms with Crippen molar-refractivity contribution in [2.24, 2.45) is 45.3 Å². The van der Waals surface area contributed by atoms with Crippen molar-refractivity contribution in [3.8, 4) is 0 Å². The molecular formula is C25H35NO3. The van der Waals surface area contributed by atoms with Crippen LogP contribution in [0.5, 0.6) is 0 Å². The number of nitrogens with zero attached hydrogens (tertiary/aromatic N) is 1. The van der Waals surface area contributed by atoms with E-state index in [9.17, 15) is 9.90 Å². The Labute approximate surface area is 174 Å². The summed E-state index contributed by atoms with van der Waals surface area (Å²) in [7, 11) is 0. The summed E-state index contributed by atoms with van der Waals surface area (Å²) in [6.45, 7) is 14.0. The summed E-state index contributed by atoms with van der Waals surface area (Å²) in [5.74, 6) is 1.67. The van der Waals surface area contributed by atoms with Crippen molar-refractivity contribution in [1.82, 2.24) is 4.90 Å². The zero-order chi connectivity index (χ0) is 20.3. The zero-order valence-corrected chi connectivity index (χ0v) is 18.3. The summed E-state index contributed by atoms with van der Waals surface area (Å²) in [5, 5.41) is 11.6. The van der Waals surface area contributed by atoms with Gasteiger partial charge >= 0.3 is 5.97 Å². The second-order valence-electron chi connectivity index (χ2n) is 13.1. The maximum atomic E-state index is 13.1. The Kier molecular flexibility index (Phi) is 2.85. The molecule has 0 radical (unpaired) electrons. The largest absolute Gasteiger partial charge is 0.461 e. The van der Waals surface area contributed by atoms with Crippen LogP contribution in [0, 0.1) is 45.3 Å². The highest BCUT2D eigenvalue weighted by molar-refractivity contribution is 5.75. The molecule has 0 aromatic carbocycles. The first kappa shape index (κ1) is 17.8. The van der Waals surface area contributed by atoms with E-state index in [1.807, 2.05) is 20.8 Å². The molecule has 3 aliphatic heterocycles. The predicted molar refractivity (Wildman–Crippen MR) is 109 cm³/mol.